The third kappa shape index (κ3) is 17.2. The molecule has 2 atom stereocenters. The number of aromatic nitrogens is 4. The molecule has 0 aliphatic carbocycles. The fourth-order valence-electron chi connectivity index (χ4n) is 6.82. The van der Waals surface area contributed by atoms with Gasteiger partial charge in [0, 0.05) is 60.9 Å². The second-order valence-corrected chi connectivity index (χ2v) is 15.5. The topological polar surface area (TPSA) is 229 Å². The number of nitrogens with zero attached hydrogens (tertiary/aromatic N) is 5. The van der Waals surface area contributed by atoms with Crippen molar-refractivity contribution in [2.24, 2.45) is 11.8 Å². The number of likely N-dealkylation sites (tertiary alicyclic amines) is 1. The van der Waals surface area contributed by atoms with Crippen LogP contribution in [-0.2, 0) is 0 Å². The van der Waals surface area contributed by atoms with Crippen LogP contribution in [0.2, 0.25) is 0 Å². The molecule has 2 aliphatic heterocycles. The van der Waals surface area contributed by atoms with Gasteiger partial charge < -0.3 is 55.2 Å². The number of alkyl halides is 6. The minimum absolute atomic E-state index is 0. The largest absolute Gasteiger partial charge is 0.496 e. The number of carboxylic acids is 1. The minimum atomic E-state index is -4.37. The molecule has 1 amide bonds. The lowest BCUT2D eigenvalue weighted by atomic mass is 9.89. The van der Waals surface area contributed by atoms with E-state index < -0.39 is 43.4 Å². The Morgan fingerprint density at radius 1 is 0.638 bits per heavy atom. The van der Waals surface area contributed by atoms with E-state index in [4.69, 9.17) is 45.0 Å². The Kier molecular flexibility index (Phi) is 23.4. The van der Waals surface area contributed by atoms with Crippen molar-refractivity contribution in [2.75, 3.05) is 79.3 Å². The highest BCUT2D eigenvalue weighted by molar-refractivity contribution is 5.93. The number of aromatic carboxylic acids is 1. The number of ether oxygens (including phenoxy) is 6. The summed E-state index contributed by atoms with van der Waals surface area (Å²) >= 11 is 0. The van der Waals surface area contributed by atoms with Gasteiger partial charge >= 0.3 is 18.3 Å². The van der Waals surface area contributed by atoms with Gasteiger partial charge in [-0.15, -0.1) is 24.8 Å². The number of carbonyl (C=O) groups is 2. The quantitative estimate of drug-likeness (QED) is 0.0877. The molecule has 4 aromatic heterocycles. The summed E-state index contributed by atoms with van der Waals surface area (Å²) in [5.74, 6) is -1.53. The van der Waals surface area contributed by atoms with E-state index in [1.165, 1.54) is 32.0 Å². The predicted molar refractivity (Wildman–Crippen MR) is 248 cm³/mol. The van der Waals surface area contributed by atoms with Crippen LogP contribution >= 0.6 is 24.8 Å². The lowest BCUT2D eigenvalue weighted by Gasteiger charge is -2.32. The van der Waals surface area contributed by atoms with Crippen LogP contribution in [0.3, 0.4) is 0 Å². The van der Waals surface area contributed by atoms with Crippen molar-refractivity contribution in [2.45, 2.75) is 63.7 Å². The van der Waals surface area contributed by atoms with Gasteiger partial charge in [-0.2, -0.15) is 26.3 Å². The minimum Gasteiger partial charge on any atom is -0.496 e. The lowest BCUT2D eigenvalue weighted by Crippen LogP contribution is -2.38. The summed E-state index contributed by atoms with van der Waals surface area (Å²) < 4.78 is 106. The van der Waals surface area contributed by atoms with Crippen molar-refractivity contribution in [1.29, 1.82) is 0 Å². The molecule has 2 fully saturated rings. The SMILES string of the molecule is COc1cc(C(=O)N2CCC(c3cnc(N)cc3OC)CC2)ncc1OCC(C)C(F)(F)F.COc1cc(C(=O)O)ncc1OCC(C)C(F)(F)F.COc1cc(N)ncc1C1CCNCC1.Cl.Cl. The van der Waals surface area contributed by atoms with E-state index in [0.29, 0.717) is 49.2 Å². The van der Waals surface area contributed by atoms with E-state index in [2.05, 4.69) is 25.3 Å². The average molecular weight is 1030 g/mol. The van der Waals surface area contributed by atoms with Crippen LogP contribution in [0.1, 0.15) is 83.5 Å². The zero-order valence-electron chi connectivity index (χ0n) is 38.7. The number of carbonyl (C=O) groups excluding carboxylic acids is 1. The molecular weight excluding hydrogens is 969 g/mol. The highest BCUT2D eigenvalue weighted by Crippen LogP contribution is 2.37. The standard InChI is InChI=1S/C22H27F3N4O4.C11H12F3NO4.C11H17N3O.2ClH/c1-13(22(23,24)25)12-33-19-11-27-16(8-18(19)32-3)21(30)29-6-4-14(5-7-29)15-10-28-20(26)9-17(15)31-2;1-6(11(12,13)14)5-19-9-4-15-7(10(16)17)3-8(9)18-2;1-15-10-6-11(12)14-7-9(10)8-2-4-13-5-3-8;;/h8-11,13-14H,4-7,12H2,1-3H3,(H2,26,28);3-4,6H,5H2,1-2H3,(H,16,17);6-8,13H,2-5H2,1H3,(H2,12,14);2*1H. The normalized spacial score (nSPS) is 14.9. The maximum absolute atomic E-state index is 13.0. The number of nitrogens with two attached hydrogens (primary N) is 2. The summed E-state index contributed by atoms with van der Waals surface area (Å²) in [6.45, 7) is 3.96. The van der Waals surface area contributed by atoms with Crippen molar-refractivity contribution >= 4 is 48.3 Å². The second kappa shape index (κ2) is 27.3. The Bertz CT molecular complexity index is 2250. The van der Waals surface area contributed by atoms with Crippen molar-refractivity contribution in [3.63, 3.8) is 0 Å². The molecule has 2 saturated heterocycles. The number of nitrogen functional groups attached to an aromatic ring is 2. The maximum Gasteiger partial charge on any atom is 0.394 e. The third-order valence-corrected chi connectivity index (χ3v) is 10.9. The summed E-state index contributed by atoms with van der Waals surface area (Å²) in [6, 6.07) is 5.95. The van der Waals surface area contributed by atoms with E-state index in [0.717, 1.165) is 63.4 Å². The number of rotatable bonds is 14. The fourth-order valence-corrected chi connectivity index (χ4v) is 6.82. The van der Waals surface area contributed by atoms with Gasteiger partial charge in [-0.1, -0.05) is 13.8 Å². The predicted octanol–water partition coefficient (Wildman–Crippen LogP) is 8.02. The molecule has 4 aromatic rings. The number of halogens is 8. The van der Waals surface area contributed by atoms with E-state index in [-0.39, 0.29) is 71.0 Å². The van der Waals surface area contributed by atoms with Crippen molar-refractivity contribution in [3.8, 4) is 34.5 Å². The molecule has 0 spiro atoms. The molecule has 6 heterocycles. The number of anilines is 2. The fraction of sp³-hybridized carbons (Fsp3) is 0.500. The zero-order chi connectivity index (χ0) is 49.5. The number of piperidine rings is 2. The van der Waals surface area contributed by atoms with Gasteiger partial charge in [-0.25, -0.2) is 24.7 Å². The highest BCUT2D eigenvalue weighted by Gasteiger charge is 2.38. The summed E-state index contributed by atoms with van der Waals surface area (Å²) in [5, 5.41) is 12.1. The number of hydrogen-bond acceptors (Lipinski definition) is 15. The second-order valence-electron chi connectivity index (χ2n) is 15.5. The smallest absolute Gasteiger partial charge is 0.394 e. The van der Waals surface area contributed by atoms with E-state index in [1.807, 2.05) is 6.20 Å². The van der Waals surface area contributed by atoms with E-state index in [1.54, 1.807) is 37.4 Å². The molecule has 2 unspecified atom stereocenters. The van der Waals surface area contributed by atoms with Crippen LogP contribution < -0.4 is 45.2 Å². The summed E-state index contributed by atoms with van der Waals surface area (Å²) in [4.78, 5) is 41.2. The molecule has 25 heteroatoms. The van der Waals surface area contributed by atoms with Crippen LogP contribution in [0.25, 0.3) is 0 Å². The number of methoxy groups -OCH3 is 4. The van der Waals surface area contributed by atoms with Crippen LogP contribution in [0.5, 0.6) is 34.5 Å². The first-order valence-electron chi connectivity index (χ1n) is 21.0. The Morgan fingerprint density at radius 3 is 1.42 bits per heavy atom. The van der Waals surface area contributed by atoms with Gasteiger partial charge in [0.25, 0.3) is 5.91 Å². The van der Waals surface area contributed by atoms with Crippen LogP contribution in [-0.4, -0.2) is 122 Å². The molecule has 0 radical (unpaired) electrons. The van der Waals surface area contributed by atoms with Crippen molar-refractivity contribution < 1.29 is 69.5 Å². The molecule has 17 nitrogen and oxygen atoms in total. The first kappa shape index (κ1) is 59.2. The number of nitrogens with one attached hydrogen (secondary N) is 1. The Hall–Kier alpha value is -5.94. The van der Waals surface area contributed by atoms with Gasteiger partial charge in [0.1, 0.15) is 28.8 Å². The Balaban J connectivity index is 0.000000385. The van der Waals surface area contributed by atoms with E-state index in [9.17, 15) is 35.9 Å². The molecule has 384 valence electrons. The molecule has 2 aliphatic rings. The molecule has 69 heavy (non-hydrogen) atoms. The third-order valence-electron chi connectivity index (χ3n) is 10.9. The Labute approximate surface area is 407 Å². The lowest BCUT2D eigenvalue weighted by molar-refractivity contribution is -0.177. The average Bonchev–Trinajstić information content (AvgIpc) is 3.32. The van der Waals surface area contributed by atoms with E-state index >= 15 is 0 Å². The molecule has 6 rings (SSSR count). The highest BCUT2D eigenvalue weighted by atomic mass is 35.5. The zero-order valence-corrected chi connectivity index (χ0v) is 40.3. The molecular formula is C44H58Cl2F6N8O9. The first-order valence-corrected chi connectivity index (χ1v) is 21.0. The monoisotopic (exact) mass is 1030 g/mol. The van der Waals surface area contributed by atoms with Gasteiger partial charge in [0.15, 0.2) is 28.7 Å². The van der Waals surface area contributed by atoms with Crippen LogP contribution in [0.4, 0.5) is 38.0 Å². The molecule has 6 N–H and O–H groups in total. The van der Waals surface area contributed by atoms with Crippen molar-refractivity contribution in [3.05, 3.63) is 71.6 Å². The summed E-state index contributed by atoms with van der Waals surface area (Å²) in [7, 11) is 5.86. The Morgan fingerprint density at radius 2 is 1.03 bits per heavy atom. The number of carboxylic acid groups (broad SMARTS) is 1. The first-order chi connectivity index (χ1) is 31.7. The molecule has 0 bridgehead atoms. The van der Waals surface area contributed by atoms with Gasteiger partial charge in [0.2, 0.25) is 0 Å². The van der Waals surface area contributed by atoms with Gasteiger partial charge in [0.05, 0.1) is 65.9 Å². The summed E-state index contributed by atoms with van der Waals surface area (Å²) in [5.41, 5.74) is 13.3. The van der Waals surface area contributed by atoms with Crippen LogP contribution in [0, 0.1) is 11.8 Å². The van der Waals surface area contributed by atoms with Gasteiger partial charge in [-0.3, -0.25) is 4.79 Å². The molecule has 0 saturated carbocycles. The van der Waals surface area contributed by atoms with Crippen LogP contribution in [0.15, 0.2) is 49.1 Å². The number of amides is 1. The maximum atomic E-state index is 13.0. The van der Waals surface area contributed by atoms with Gasteiger partial charge in [-0.05, 0) is 50.6 Å². The number of hydrogen-bond donors (Lipinski definition) is 4. The van der Waals surface area contributed by atoms with Crippen molar-refractivity contribution in [1.82, 2.24) is 30.2 Å². The molecule has 0 aromatic carbocycles. The number of pyridine rings is 4. The summed E-state index contributed by atoms with van der Waals surface area (Å²) in [6.07, 6.45) is 0.771.